The van der Waals surface area contributed by atoms with Crippen molar-refractivity contribution in [1.29, 1.82) is 0 Å². The first kappa shape index (κ1) is 55.5. The van der Waals surface area contributed by atoms with Crippen LogP contribution in [0.4, 0.5) is 34.1 Å². The van der Waals surface area contributed by atoms with Crippen LogP contribution in [0.3, 0.4) is 0 Å². The zero-order valence-electron chi connectivity index (χ0n) is 51.2. The molecule has 0 amide bonds. The molecule has 15 aromatic rings. The largest absolute Gasteiger partial charge is 0.456 e. The summed E-state index contributed by atoms with van der Waals surface area (Å²) < 4.78 is 20.4. The Hall–Kier alpha value is -10.4. The van der Waals surface area contributed by atoms with E-state index in [0.29, 0.717) is 0 Å². The first-order chi connectivity index (χ1) is 42.7. The quantitative estimate of drug-likeness (QED) is 0.137. The van der Waals surface area contributed by atoms with E-state index in [1.807, 2.05) is 0 Å². The highest BCUT2D eigenvalue weighted by Gasteiger charge is 2.23. The fourth-order valence-electron chi connectivity index (χ4n) is 12.3. The van der Waals surface area contributed by atoms with Gasteiger partial charge in [0.2, 0.25) is 0 Å². The minimum absolute atomic E-state index is 0.0253. The van der Waals surface area contributed by atoms with Crippen LogP contribution in [0.1, 0.15) is 72.9 Å². The minimum atomic E-state index is 0.0253. The predicted molar refractivity (Wildman–Crippen MR) is 373 cm³/mol. The van der Waals surface area contributed by atoms with Gasteiger partial charge in [0.05, 0.1) is 0 Å². The number of fused-ring (bicyclic) bond motifs is 9. The second-order valence-electron chi connectivity index (χ2n) is 25.3. The Morgan fingerprint density at radius 3 is 0.727 bits per heavy atom. The van der Waals surface area contributed by atoms with E-state index in [1.165, 1.54) is 50.9 Å². The summed E-state index contributed by atoms with van der Waals surface area (Å²) in [5, 5.41) is 6.00. The van der Waals surface area contributed by atoms with Gasteiger partial charge in [-0.3, -0.25) is 0 Å². The molecule has 12 aromatic carbocycles. The molecule has 0 atom stereocenters. The predicted octanol–water partition coefficient (Wildman–Crippen LogP) is 25.0. The van der Waals surface area contributed by atoms with Crippen LogP contribution in [0.25, 0.3) is 110 Å². The number of anilines is 6. The summed E-state index contributed by atoms with van der Waals surface area (Å²) in [5.74, 6) is 0. The summed E-state index contributed by atoms with van der Waals surface area (Å²) in [6.07, 6.45) is 1.25. The fourth-order valence-corrected chi connectivity index (χ4v) is 12.3. The van der Waals surface area contributed by atoms with Gasteiger partial charge < -0.3 is 23.1 Å². The molecule has 88 heavy (non-hydrogen) atoms. The summed E-state index contributed by atoms with van der Waals surface area (Å²) in [6.45, 7) is 17.8. The van der Waals surface area contributed by atoms with Gasteiger partial charge in [-0.05, 0) is 164 Å². The van der Waals surface area contributed by atoms with Crippen LogP contribution < -0.4 is 9.80 Å². The van der Waals surface area contributed by atoms with Crippen LogP contribution in [0, 0.1) is 0 Å². The van der Waals surface area contributed by atoms with Crippen molar-refractivity contribution in [3.8, 4) is 44.5 Å². The van der Waals surface area contributed by atoms with Crippen molar-refractivity contribution in [3.63, 3.8) is 0 Å². The van der Waals surface area contributed by atoms with Crippen molar-refractivity contribution in [2.75, 3.05) is 9.80 Å². The molecule has 0 N–H and O–H groups in total. The van der Waals surface area contributed by atoms with E-state index in [4.69, 9.17) is 13.3 Å². The van der Waals surface area contributed by atoms with Gasteiger partial charge in [0.15, 0.2) is 0 Å². The minimum Gasteiger partial charge on any atom is -0.456 e. The molecule has 0 unspecified atom stereocenters. The molecular weight excluding hydrogens is 1070 g/mol. The lowest BCUT2D eigenvalue weighted by Gasteiger charge is -2.27. The summed E-state index contributed by atoms with van der Waals surface area (Å²) in [6, 6.07) is 95.9. The SMILES string of the molecule is CC(C)(C)c1ccc(N(c2ccc(-c3ccc(-c4ccccc4)cc3)cc2)c2ccc3c(c2)oc2cc4c(cc23)oc2cc3c(cc24)oc2cc(N(c4ccc(-c5ccc(-c6ccccc6)cc5)cc4)c4ccc(C(C)(C)C)cc4)ccc23)cc1.CCC. The van der Waals surface area contributed by atoms with Gasteiger partial charge in [0, 0.05) is 78.6 Å². The first-order valence-corrected chi connectivity index (χ1v) is 30.8. The molecule has 0 bridgehead atoms. The third-order valence-electron chi connectivity index (χ3n) is 17.0. The highest BCUT2D eigenvalue weighted by molar-refractivity contribution is 6.19. The zero-order valence-corrected chi connectivity index (χ0v) is 51.2. The molecule has 0 spiro atoms. The molecule has 0 aliphatic heterocycles. The van der Waals surface area contributed by atoms with E-state index < -0.39 is 0 Å². The molecular formula is C83H70N2O3. The topological polar surface area (TPSA) is 45.9 Å². The maximum absolute atomic E-state index is 6.84. The Kier molecular flexibility index (Phi) is 14.2. The van der Waals surface area contributed by atoms with Crippen LogP contribution in [-0.2, 0) is 10.8 Å². The van der Waals surface area contributed by atoms with Crippen molar-refractivity contribution < 1.29 is 13.3 Å². The lowest BCUT2D eigenvalue weighted by atomic mass is 9.87. The lowest BCUT2D eigenvalue weighted by Crippen LogP contribution is -2.13. The number of nitrogens with zero attached hydrogens (tertiary/aromatic N) is 2. The molecule has 3 heterocycles. The van der Waals surface area contributed by atoms with Crippen molar-refractivity contribution in [1.82, 2.24) is 0 Å². The summed E-state index contributed by atoms with van der Waals surface area (Å²) in [4.78, 5) is 4.63. The van der Waals surface area contributed by atoms with Crippen molar-refractivity contribution in [2.45, 2.75) is 72.6 Å². The lowest BCUT2D eigenvalue weighted by molar-refractivity contribution is 0.590. The van der Waals surface area contributed by atoms with E-state index in [-0.39, 0.29) is 10.8 Å². The normalized spacial score (nSPS) is 11.9. The number of benzene rings is 12. The second kappa shape index (κ2) is 22.5. The van der Waals surface area contributed by atoms with Crippen molar-refractivity contribution in [3.05, 3.63) is 278 Å². The average Bonchev–Trinajstić information content (AvgIpc) is 1.69. The maximum Gasteiger partial charge on any atom is 0.137 e. The van der Waals surface area contributed by atoms with Crippen molar-refractivity contribution >= 4 is 99.9 Å². The molecule has 0 saturated heterocycles. The van der Waals surface area contributed by atoms with E-state index >= 15 is 0 Å². The van der Waals surface area contributed by atoms with Gasteiger partial charge in [-0.1, -0.05) is 220 Å². The van der Waals surface area contributed by atoms with Crippen LogP contribution in [-0.4, -0.2) is 0 Å². The van der Waals surface area contributed by atoms with Crippen LogP contribution >= 0.6 is 0 Å². The summed E-state index contributed by atoms with van der Waals surface area (Å²) in [7, 11) is 0. The number of furan rings is 3. The molecule has 0 aliphatic rings. The fraction of sp³-hybridized carbons (Fsp3) is 0.133. The molecule has 3 aromatic heterocycles. The van der Waals surface area contributed by atoms with Gasteiger partial charge in [-0.2, -0.15) is 0 Å². The molecule has 0 radical (unpaired) electrons. The van der Waals surface area contributed by atoms with Gasteiger partial charge in [-0.25, -0.2) is 0 Å². The van der Waals surface area contributed by atoms with Crippen LogP contribution in [0.5, 0.6) is 0 Å². The average molecular weight is 1140 g/mol. The molecule has 5 nitrogen and oxygen atoms in total. The van der Waals surface area contributed by atoms with Crippen molar-refractivity contribution in [2.24, 2.45) is 0 Å². The first-order valence-electron chi connectivity index (χ1n) is 30.8. The Bertz CT molecular complexity index is 4650. The molecule has 0 saturated carbocycles. The van der Waals surface area contributed by atoms with Gasteiger partial charge in [-0.15, -0.1) is 0 Å². The Balaban J connectivity index is 0.00000222. The zero-order chi connectivity index (χ0) is 60.3. The van der Waals surface area contributed by atoms with E-state index in [1.54, 1.807) is 0 Å². The highest BCUT2D eigenvalue weighted by atomic mass is 16.3. The third kappa shape index (κ3) is 10.6. The summed E-state index contributed by atoms with van der Waals surface area (Å²) in [5.41, 5.74) is 23.1. The second-order valence-corrected chi connectivity index (χ2v) is 25.3. The molecule has 5 heteroatoms. The molecule has 0 fully saturated rings. The Morgan fingerprint density at radius 2 is 0.455 bits per heavy atom. The highest BCUT2D eigenvalue weighted by Crippen LogP contribution is 2.45. The third-order valence-corrected chi connectivity index (χ3v) is 17.0. The summed E-state index contributed by atoms with van der Waals surface area (Å²) >= 11 is 0. The van der Waals surface area contributed by atoms with E-state index in [2.05, 4.69) is 332 Å². The van der Waals surface area contributed by atoms with Crippen LogP contribution in [0.15, 0.2) is 280 Å². The molecule has 430 valence electrons. The maximum atomic E-state index is 6.84. The molecule has 15 rings (SSSR count). The standard InChI is InChI=1S/C80H62N2O3.C3H8/c1-79(2,3)59-29-37-63(38-30-59)81(61-33-25-57(26-34-61)55-21-17-53(18-22-55)51-13-9-7-10-14-51)65-41-43-67-69-47-77-71(49-75(69)83-73(67)45-65)72-50-76-70(48-78(72)85-77)68-44-42-66(46-74(68)84-76)82(64-39-31-60(32-40-64)80(4,5)6)62-35-27-58(28-36-62)56-23-19-54(20-24-56)52-15-11-8-12-16-52;1-3-2/h7-50H,1-6H3;3H2,1-2H3. The number of hydrogen-bond donors (Lipinski definition) is 0. The monoisotopic (exact) mass is 1140 g/mol. The number of rotatable bonds is 10. The molecule has 0 aliphatic carbocycles. The van der Waals surface area contributed by atoms with E-state index in [0.717, 1.165) is 111 Å². The van der Waals surface area contributed by atoms with Gasteiger partial charge in [0.25, 0.3) is 0 Å². The smallest absolute Gasteiger partial charge is 0.137 e. The van der Waals surface area contributed by atoms with Gasteiger partial charge in [0.1, 0.15) is 33.5 Å². The van der Waals surface area contributed by atoms with E-state index in [9.17, 15) is 0 Å². The number of hydrogen-bond acceptors (Lipinski definition) is 5. The van der Waals surface area contributed by atoms with Crippen LogP contribution in [0.2, 0.25) is 0 Å². The Morgan fingerprint density at radius 1 is 0.239 bits per heavy atom. The van der Waals surface area contributed by atoms with Gasteiger partial charge >= 0.3 is 0 Å². The Labute approximate surface area is 515 Å².